The molecule has 1 unspecified atom stereocenters. The minimum atomic E-state index is -0.139. The summed E-state index contributed by atoms with van der Waals surface area (Å²) in [5.41, 5.74) is -0.139. The number of thiol groups is 1. The van der Waals surface area contributed by atoms with E-state index >= 15 is 0 Å². The van der Waals surface area contributed by atoms with Crippen LogP contribution in [0, 0.1) is 0 Å². The molecule has 0 aliphatic heterocycles. The number of hydrogen-bond acceptors (Lipinski definition) is 3. The van der Waals surface area contributed by atoms with Crippen LogP contribution in [0.1, 0.15) is 27.7 Å². The molecule has 0 aliphatic carbocycles. The van der Waals surface area contributed by atoms with Crippen LogP contribution in [0.25, 0.3) is 0 Å². The van der Waals surface area contributed by atoms with Crippen LogP contribution < -0.4 is 5.32 Å². The molecular formula is C7H17NOS. The van der Waals surface area contributed by atoms with Crippen LogP contribution in [0.15, 0.2) is 0 Å². The maximum absolute atomic E-state index is 5.31. The van der Waals surface area contributed by atoms with Gasteiger partial charge in [-0.1, -0.05) is 0 Å². The van der Waals surface area contributed by atoms with E-state index in [1.165, 1.54) is 0 Å². The Morgan fingerprint density at radius 2 is 1.70 bits per heavy atom. The first-order valence-corrected chi connectivity index (χ1v) is 4.13. The maximum Gasteiger partial charge on any atom is 0.153 e. The molecule has 0 radical (unpaired) electrons. The number of hydrogen-bond donors (Lipinski definition) is 2. The fourth-order valence-electron chi connectivity index (χ4n) is 0.582. The minimum Gasteiger partial charge on any atom is -0.351 e. The summed E-state index contributed by atoms with van der Waals surface area (Å²) in [6, 6.07) is 0.418. The Kier molecular flexibility index (Phi) is 5.13. The standard InChI is InChI=1S/C7H17NOS/c1-5(2)8-7(10)9-6(3)4/h5-8,10H,1-4H3. The minimum absolute atomic E-state index is 0.139. The summed E-state index contributed by atoms with van der Waals surface area (Å²) < 4.78 is 5.31. The van der Waals surface area contributed by atoms with Crippen molar-refractivity contribution in [2.24, 2.45) is 0 Å². The van der Waals surface area contributed by atoms with Gasteiger partial charge >= 0.3 is 0 Å². The molecule has 0 aromatic rings. The number of nitrogens with one attached hydrogen (secondary N) is 1. The lowest BCUT2D eigenvalue weighted by atomic mass is 10.4. The fraction of sp³-hybridized carbons (Fsp3) is 1.00. The van der Waals surface area contributed by atoms with E-state index in [9.17, 15) is 0 Å². The van der Waals surface area contributed by atoms with Crippen molar-refractivity contribution in [1.29, 1.82) is 0 Å². The molecule has 0 saturated carbocycles. The van der Waals surface area contributed by atoms with Gasteiger partial charge in [-0.15, -0.1) is 12.6 Å². The van der Waals surface area contributed by atoms with Crippen molar-refractivity contribution in [3.8, 4) is 0 Å². The zero-order valence-electron chi connectivity index (χ0n) is 7.09. The van der Waals surface area contributed by atoms with Crippen molar-refractivity contribution in [2.75, 3.05) is 0 Å². The zero-order valence-corrected chi connectivity index (χ0v) is 7.98. The van der Waals surface area contributed by atoms with Gasteiger partial charge in [0.15, 0.2) is 5.56 Å². The maximum atomic E-state index is 5.31. The van der Waals surface area contributed by atoms with Gasteiger partial charge in [-0.25, -0.2) is 0 Å². The Bertz CT molecular complexity index is 75.7. The Labute approximate surface area is 68.7 Å². The predicted molar refractivity (Wildman–Crippen MR) is 47.3 cm³/mol. The number of ether oxygens (including phenoxy) is 1. The third-order valence-corrected chi connectivity index (χ3v) is 1.15. The van der Waals surface area contributed by atoms with E-state index in [4.69, 9.17) is 4.74 Å². The van der Waals surface area contributed by atoms with Crippen molar-refractivity contribution in [3.63, 3.8) is 0 Å². The van der Waals surface area contributed by atoms with Crippen LogP contribution in [0.5, 0.6) is 0 Å². The molecule has 0 aliphatic rings. The van der Waals surface area contributed by atoms with Crippen molar-refractivity contribution >= 4 is 12.6 Å². The molecular weight excluding hydrogens is 146 g/mol. The summed E-state index contributed by atoms with van der Waals surface area (Å²) in [6.07, 6.45) is 0.230. The average molecular weight is 163 g/mol. The second kappa shape index (κ2) is 4.99. The van der Waals surface area contributed by atoms with Crippen LogP contribution in [0.3, 0.4) is 0 Å². The molecule has 1 N–H and O–H groups in total. The second-order valence-corrected chi connectivity index (χ2v) is 3.33. The van der Waals surface area contributed by atoms with Gasteiger partial charge in [-0.2, -0.15) is 0 Å². The third kappa shape index (κ3) is 6.39. The first kappa shape index (κ1) is 10.3. The van der Waals surface area contributed by atoms with Crippen LogP contribution in [-0.4, -0.2) is 17.7 Å². The highest BCUT2D eigenvalue weighted by Gasteiger charge is 2.05. The van der Waals surface area contributed by atoms with E-state index in [1.807, 2.05) is 13.8 Å². The number of rotatable bonds is 4. The monoisotopic (exact) mass is 163 g/mol. The van der Waals surface area contributed by atoms with E-state index < -0.39 is 0 Å². The second-order valence-electron chi connectivity index (χ2n) is 2.86. The molecule has 0 spiro atoms. The van der Waals surface area contributed by atoms with Crippen molar-refractivity contribution in [1.82, 2.24) is 5.32 Å². The quantitative estimate of drug-likeness (QED) is 0.485. The van der Waals surface area contributed by atoms with Gasteiger partial charge in [-0.3, -0.25) is 5.32 Å². The lowest BCUT2D eigenvalue weighted by molar-refractivity contribution is 0.0386. The van der Waals surface area contributed by atoms with Crippen molar-refractivity contribution in [2.45, 2.75) is 45.4 Å². The van der Waals surface area contributed by atoms with Gasteiger partial charge < -0.3 is 4.74 Å². The van der Waals surface area contributed by atoms with Crippen LogP contribution in [0.2, 0.25) is 0 Å². The lowest BCUT2D eigenvalue weighted by Crippen LogP contribution is -2.34. The molecule has 0 fully saturated rings. The van der Waals surface area contributed by atoms with Crippen LogP contribution in [0.4, 0.5) is 0 Å². The van der Waals surface area contributed by atoms with Crippen molar-refractivity contribution in [3.05, 3.63) is 0 Å². The molecule has 2 nitrogen and oxygen atoms in total. The molecule has 62 valence electrons. The Hall–Kier alpha value is 0.270. The summed E-state index contributed by atoms with van der Waals surface area (Å²) in [6.45, 7) is 8.11. The van der Waals surface area contributed by atoms with E-state index in [0.717, 1.165) is 0 Å². The van der Waals surface area contributed by atoms with Crippen molar-refractivity contribution < 1.29 is 4.74 Å². The lowest BCUT2D eigenvalue weighted by Gasteiger charge is -2.18. The van der Waals surface area contributed by atoms with Crippen LogP contribution in [-0.2, 0) is 4.74 Å². The molecule has 0 amide bonds. The molecule has 0 aromatic carbocycles. The summed E-state index contributed by atoms with van der Waals surface area (Å²) in [5.74, 6) is 0. The smallest absolute Gasteiger partial charge is 0.153 e. The third-order valence-electron chi connectivity index (χ3n) is 0.877. The van der Waals surface area contributed by atoms with Crippen LogP contribution >= 0.6 is 12.6 Å². The van der Waals surface area contributed by atoms with Gasteiger partial charge in [-0.05, 0) is 27.7 Å². The largest absolute Gasteiger partial charge is 0.351 e. The van der Waals surface area contributed by atoms with E-state index in [0.29, 0.717) is 6.04 Å². The fourth-order valence-corrected chi connectivity index (χ4v) is 1.12. The topological polar surface area (TPSA) is 21.3 Å². The van der Waals surface area contributed by atoms with E-state index in [-0.39, 0.29) is 11.7 Å². The molecule has 1 atom stereocenters. The first-order valence-electron chi connectivity index (χ1n) is 3.62. The van der Waals surface area contributed by atoms with Gasteiger partial charge in [0.05, 0.1) is 6.10 Å². The normalized spacial score (nSPS) is 14.7. The molecule has 0 heterocycles. The Morgan fingerprint density at radius 3 is 2.00 bits per heavy atom. The predicted octanol–water partition coefficient (Wildman–Crippen LogP) is 1.62. The Balaban J connectivity index is 3.34. The molecule has 3 heteroatoms. The zero-order chi connectivity index (χ0) is 8.15. The highest BCUT2D eigenvalue weighted by atomic mass is 32.1. The summed E-state index contributed by atoms with van der Waals surface area (Å²) in [4.78, 5) is 0. The summed E-state index contributed by atoms with van der Waals surface area (Å²) in [7, 11) is 0. The molecule has 0 aromatic heterocycles. The van der Waals surface area contributed by atoms with Gasteiger partial charge in [0.25, 0.3) is 0 Å². The highest BCUT2D eigenvalue weighted by Crippen LogP contribution is 1.99. The van der Waals surface area contributed by atoms with Gasteiger partial charge in [0.2, 0.25) is 0 Å². The average Bonchev–Trinajstić information content (AvgIpc) is 1.58. The summed E-state index contributed by atoms with van der Waals surface area (Å²) in [5, 5.41) is 3.12. The SMILES string of the molecule is CC(C)NC(S)OC(C)C. The summed E-state index contributed by atoms with van der Waals surface area (Å²) >= 11 is 4.18. The molecule has 10 heavy (non-hydrogen) atoms. The van der Waals surface area contributed by atoms with E-state index in [2.05, 4.69) is 31.8 Å². The molecule has 0 bridgehead atoms. The van der Waals surface area contributed by atoms with Gasteiger partial charge in [0, 0.05) is 6.04 Å². The highest BCUT2D eigenvalue weighted by molar-refractivity contribution is 7.80. The van der Waals surface area contributed by atoms with E-state index in [1.54, 1.807) is 0 Å². The first-order chi connectivity index (χ1) is 4.52. The molecule has 0 rings (SSSR count). The van der Waals surface area contributed by atoms with Gasteiger partial charge in [0.1, 0.15) is 0 Å². The Morgan fingerprint density at radius 1 is 1.20 bits per heavy atom. The molecule has 0 saturated heterocycles.